The van der Waals surface area contributed by atoms with E-state index in [1.54, 1.807) is 0 Å². The standard InChI is InChI=1S/C22H22ClNO/c23-21-13-7-12-20(14-21)22(25)17-24(15-18-8-3-1-4-9-18)16-19-10-5-2-6-11-19/h1-14,22,25H,15-17H2. The molecule has 3 aromatic carbocycles. The number of rotatable bonds is 7. The molecule has 0 aromatic heterocycles. The maximum Gasteiger partial charge on any atom is 0.0917 e. The maximum atomic E-state index is 10.7. The van der Waals surface area contributed by atoms with Gasteiger partial charge in [-0.05, 0) is 28.8 Å². The fourth-order valence-corrected chi connectivity index (χ4v) is 3.13. The quantitative estimate of drug-likeness (QED) is 0.642. The van der Waals surface area contributed by atoms with Crippen molar-refractivity contribution in [2.24, 2.45) is 0 Å². The van der Waals surface area contributed by atoms with Crippen molar-refractivity contribution in [2.45, 2.75) is 19.2 Å². The summed E-state index contributed by atoms with van der Waals surface area (Å²) in [6, 6.07) is 28.1. The van der Waals surface area contributed by atoms with Gasteiger partial charge < -0.3 is 5.11 Å². The zero-order valence-electron chi connectivity index (χ0n) is 14.1. The van der Waals surface area contributed by atoms with Gasteiger partial charge in [-0.3, -0.25) is 4.90 Å². The Hall–Kier alpha value is -2.13. The van der Waals surface area contributed by atoms with E-state index in [9.17, 15) is 5.11 Å². The van der Waals surface area contributed by atoms with Crippen LogP contribution in [0.25, 0.3) is 0 Å². The van der Waals surface area contributed by atoms with E-state index < -0.39 is 6.10 Å². The third kappa shape index (κ3) is 5.43. The molecule has 0 amide bonds. The van der Waals surface area contributed by atoms with Crippen LogP contribution >= 0.6 is 11.6 Å². The van der Waals surface area contributed by atoms with E-state index in [1.807, 2.05) is 60.7 Å². The fraction of sp³-hybridized carbons (Fsp3) is 0.182. The van der Waals surface area contributed by atoms with E-state index in [1.165, 1.54) is 11.1 Å². The van der Waals surface area contributed by atoms with Gasteiger partial charge in [0.05, 0.1) is 6.10 Å². The van der Waals surface area contributed by atoms with Gasteiger partial charge in [-0.15, -0.1) is 0 Å². The first-order valence-electron chi connectivity index (χ1n) is 8.44. The molecule has 0 aliphatic carbocycles. The molecule has 3 rings (SSSR count). The predicted molar refractivity (Wildman–Crippen MR) is 103 cm³/mol. The number of hydrogen-bond donors (Lipinski definition) is 1. The molecule has 1 N–H and O–H groups in total. The zero-order chi connectivity index (χ0) is 17.5. The summed E-state index contributed by atoms with van der Waals surface area (Å²) >= 11 is 6.06. The van der Waals surface area contributed by atoms with Gasteiger partial charge in [0.1, 0.15) is 0 Å². The van der Waals surface area contributed by atoms with E-state index >= 15 is 0 Å². The van der Waals surface area contributed by atoms with Crippen LogP contribution < -0.4 is 0 Å². The molecule has 3 heteroatoms. The third-order valence-electron chi connectivity index (χ3n) is 4.16. The Morgan fingerprint density at radius 1 is 0.760 bits per heavy atom. The van der Waals surface area contributed by atoms with E-state index in [-0.39, 0.29) is 0 Å². The number of halogens is 1. The van der Waals surface area contributed by atoms with Crippen LogP contribution in [0.15, 0.2) is 84.9 Å². The number of nitrogens with zero attached hydrogens (tertiary/aromatic N) is 1. The summed E-state index contributed by atoms with van der Waals surface area (Å²) in [6.45, 7) is 2.12. The van der Waals surface area contributed by atoms with Gasteiger partial charge in [0.2, 0.25) is 0 Å². The minimum atomic E-state index is -0.578. The second kappa shape index (κ2) is 8.82. The molecule has 0 aliphatic rings. The van der Waals surface area contributed by atoms with Crippen molar-refractivity contribution in [1.29, 1.82) is 0 Å². The van der Waals surface area contributed by atoms with Crippen LogP contribution in [0.3, 0.4) is 0 Å². The number of aliphatic hydroxyl groups is 1. The molecule has 0 saturated carbocycles. The molecule has 2 nitrogen and oxygen atoms in total. The lowest BCUT2D eigenvalue weighted by Crippen LogP contribution is -2.28. The van der Waals surface area contributed by atoms with Gasteiger partial charge in [0.15, 0.2) is 0 Å². The van der Waals surface area contributed by atoms with Crippen molar-refractivity contribution < 1.29 is 5.11 Å². The monoisotopic (exact) mass is 351 g/mol. The van der Waals surface area contributed by atoms with Crippen LogP contribution in [0.5, 0.6) is 0 Å². The van der Waals surface area contributed by atoms with Crippen LogP contribution in [0.1, 0.15) is 22.8 Å². The Bertz CT molecular complexity index is 735. The van der Waals surface area contributed by atoms with Crippen molar-refractivity contribution in [3.8, 4) is 0 Å². The lowest BCUT2D eigenvalue weighted by atomic mass is 10.1. The van der Waals surface area contributed by atoms with Gasteiger partial charge in [0.25, 0.3) is 0 Å². The van der Waals surface area contributed by atoms with Gasteiger partial charge in [-0.25, -0.2) is 0 Å². The number of aliphatic hydroxyl groups excluding tert-OH is 1. The second-order valence-electron chi connectivity index (χ2n) is 6.21. The molecule has 0 fully saturated rings. The zero-order valence-corrected chi connectivity index (χ0v) is 14.8. The summed E-state index contributed by atoms with van der Waals surface area (Å²) < 4.78 is 0. The van der Waals surface area contributed by atoms with Gasteiger partial charge >= 0.3 is 0 Å². The first-order valence-corrected chi connectivity index (χ1v) is 8.82. The van der Waals surface area contributed by atoms with Gasteiger partial charge in [-0.1, -0.05) is 84.4 Å². The number of benzene rings is 3. The largest absolute Gasteiger partial charge is 0.387 e. The Kier molecular flexibility index (Phi) is 6.24. The molecular formula is C22H22ClNO. The summed E-state index contributed by atoms with van der Waals surface area (Å²) in [4.78, 5) is 2.26. The molecule has 0 aliphatic heterocycles. The smallest absolute Gasteiger partial charge is 0.0917 e. The SMILES string of the molecule is OC(CN(Cc1ccccc1)Cc1ccccc1)c1cccc(Cl)c1. The van der Waals surface area contributed by atoms with Gasteiger partial charge in [0, 0.05) is 24.7 Å². The van der Waals surface area contributed by atoms with Crippen molar-refractivity contribution in [3.05, 3.63) is 107 Å². The normalized spacial score (nSPS) is 12.3. The highest BCUT2D eigenvalue weighted by Crippen LogP contribution is 2.20. The van der Waals surface area contributed by atoms with E-state index in [0.29, 0.717) is 11.6 Å². The molecule has 0 spiro atoms. The van der Waals surface area contributed by atoms with Gasteiger partial charge in [-0.2, -0.15) is 0 Å². The predicted octanol–water partition coefficient (Wildman–Crippen LogP) is 5.08. The van der Waals surface area contributed by atoms with Crippen molar-refractivity contribution in [2.75, 3.05) is 6.54 Å². The lowest BCUT2D eigenvalue weighted by molar-refractivity contribution is 0.105. The van der Waals surface area contributed by atoms with E-state index in [4.69, 9.17) is 11.6 Å². The Morgan fingerprint density at radius 3 is 1.84 bits per heavy atom. The highest BCUT2D eigenvalue weighted by Gasteiger charge is 2.15. The molecule has 0 bridgehead atoms. The van der Waals surface area contributed by atoms with E-state index in [0.717, 1.165) is 18.7 Å². The topological polar surface area (TPSA) is 23.5 Å². The molecular weight excluding hydrogens is 330 g/mol. The number of hydrogen-bond acceptors (Lipinski definition) is 2. The summed E-state index contributed by atoms with van der Waals surface area (Å²) in [7, 11) is 0. The van der Waals surface area contributed by atoms with Crippen molar-refractivity contribution in [3.63, 3.8) is 0 Å². The summed E-state index contributed by atoms with van der Waals surface area (Å²) in [5, 5.41) is 11.3. The third-order valence-corrected chi connectivity index (χ3v) is 4.40. The van der Waals surface area contributed by atoms with Crippen molar-refractivity contribution >= 4 is 11.6 Å². The van der Waals surface area contributed by atoms with Crippen LogP contribution in [0.2, 0.25) is 5.02 Å². The molecule has 0 radical (unpaired) electrons. The van der Waals surface area contributed by atoms with Crippen LogP contribution in [0.4, 0.5) is 0 Å². The minimum absolute atomic E-state index is 0.546. The Labute approximate surface area is 154 Å². The molecule has 1 unspecified atom stereocenters. The first-order chi connectivity index (χ1) is 12.2. The van der Waals surface area contributed by atoms with Crippen LogP contribution in [0, 0.1) is 0 Å². The highest BCUT2D eigenvalue weighted by atomic mass is 35.5. The minimum Gasteiger partial charge on any atom is -0.387 e. The molecule has 25 heavy (non-hydrogen) atoms. The summed E-state index contributed by atoms with van der Waals surface area (Å²) in [6.07, 6.45) is -0.578. The summed E-state index contributed by atoms with van der Waals surface area (Å²) in [5.41, 5.74) is 3.31. The maximum absolute atomic E-state index is 10.7. The molecule has 0 heterocycles. The van der Waals surface area contributed by atoms with Crippen LogP contribution in [-0.4, -0.2) is 16.6 Å². The molecule has 0 saturated heterocycles. The van der Waals surface area contributed by atoms with Crippen molar-refractivity contribution in [1.82, 2.24) is 4.90 Å². The molecule has 1 atom stereocenters. The first kappa shape index (κ1) is 17.7. The second-order valence-corrected chi connectivity index (χ2v) is 6.65. The van der Waals surface area contributed by atoms with E-state index in [2.05, 4.69) is 29.2 Å². The Balaban J connectivity index is 1.75. The molecule has 3 aromatic rings. The Morgan fingerprint density at radius 2 is 1.32 bits per heavy atom. The van der Waals surface area contributed by atoms with Crippen LogP contribution in [-0.2, 0) is 13.1 Å². The molecule has 128 valence electrons. The average molecular weight is 352 g/mol. The lowest BCUT2D eigenvalue weighted by Gasteiger charge is -2.25. The average Bonchev–Trinajstić information content (AvgIpc) is 2.63. The fourth-order valence-electron chi connectivity index (χ4n) is 2.93. The summed E-state index contributed by atoms with van der Waals surface area (Å²) in [5.74, 6) is 0. The highest BCUT2D eigenvalue weighted by molar-refractivity contribution is 6.30.